The zero-order valence-corrected chi connectivity index (χ0v) is 8.89. The van der Waals surface area contributed by atoms with Crippen molar-refractivity contribution in [2.45, 2.75) is 58.3 Å². The zero-order valence-electron chi connectivity index (χ0n) is 8.89. The van der Waals surface area contributed by atoms with E-state index in [4.69, 9.17) is 0 Å². The van der Waals surface area contributed by atoms with Gasteiger partial charge in [-0.3, -0.25) is 0 Å². The molecule has 0 N–H and O–H groups in total. The lowest BCUT2D eigenvalue weighted by molar-refractivity contribution is 0.352. The Morgan fingerprint density at radius 2 is 2.15 bits per heavy atom. The number of rotatable bonds is 5. The minimum atomic E-state index is 1.07. The summed E-state index contributed by atoms with van der Waals surface area (Å²) in [6.07, 6.45) is 14.1. The van der Waals surface area contributed by atoms with Gasteiger partial charge < -0.3 is 0 Å². The van der Waals surface area contributed by atoms with Crippen LogP contribution in [0.15, 0.2) is 11.6 Å². The van der Waals surface area contributed by atoms with Gasteiger partial charge in [0.1, 0.15) is 0 Å². The molecule has 0 nitrogen and oxygen atoms in total. The van der Waals surface area contributed by atoms with Crippen molar-refractivity contribution in [3.8, 4) is 0 Å². The van der Waals surface area contributed by atoms with Gasteiger partial charge in [0.15, 0.2) is 0 Å². The van der Waals surface area contributed by atoms with Crippen molar-refractivity contribution in [1.82, 2.24) is 0 Å². The summed E-state index contributed by atoms with van der Waals surface area (Å²) in [5, 5.41) is 0. The number of hydrogen-bond donors (Lipinski definition) is 0. The van der Waals surface area contributed by atoms with E-state index in [0.717, 1.165) is 11.8 Å². The fraction of sp³-hybridized carbons (Fsp3) is 0.846. The molecule has 2 rings (SSSR count). The first-order chi connectivity index (χ1) is 6.40. The van der Waals surface area contributed by atoms with Crippen LogP contribution in [0.25, 0.3) is 0 Å². The lowest BCUT2D eigenvalue weighted by atomic mass is 9.87. The number of fused-ring (bicyclic) bond motifs is 2. The molecule has 0 amide bonds. The molecule has 2 bridgehead atoms. The Labute approximate surface area is 82.4 Å². The minimum absolute atomic E-state index is 1.07. The highest BCUT2D eigenvalue weighted by atomic mass is 14.4. The van der Waals surface area contributed by atoms with E-state index in [2.05, 4.69) is 13.0 Å². The first-order valence-electron chi connectivity index (χ1n) is 6.08. The Balaban J connectivity index is 1.64. The molecule has 2 unspecified atom stereocenters. The molecule has 74 valence electrons. The van der Waals surface area contributed by atoms with E-state index < -0.39 is 0 Å². The average molecular weight is 178 g/mol. The second kappa shape index (κ2) is 4.30. The Morgan fingerprint density at radius 1 is 1.23 bits per heavy atom. The maximum Gasteiger partial charge on any atom is -0.0286 e. The van der Waals surface area contributed by atoms with Crippen LogP contribution in [0, 0.1) is 11.8 Å². The summed E-state index contributed by atoms with van der Waals surface area (Å²) in [7, 11) is 0. The molecule has 0 saturated heterocycles. The lowest BCUT2D eigenvalue weighted by Crippen LogP contribution is -2.07. The van der Waals surface area contributed by atoms with Gasteiger partial charge in [-0.05, 0) is 37.5 Å². The third-order valence-electron chi connectivity index (χ3n) is 3.85. The fourth-order valence-corrected chi connectivity index (χ4v) is 3.02. The molecule has 1 fully saturated rings. The molecule has 0 radical (unpaired) electrons. The molecular formula is C13H22. The number of allylic oxidation sites excluding steroid dienone is 2. The Kier molecular flexibility index (Phi) is 3.08. The Morgan fingerprint density at radius 3 is 2.77 bits per heavy atom. The highest BCUT2D eigenvalue weighted by molar-refractivity contribution is 5.18. The van der Waals surface area contributed by atoms with Crippen LogP contribution in [0.2, 0.25) is 0 Å². The molecule has 1 saturated carbocycles. The largest absolute Gasteiger partial charge is 0.0850 e. The van der Waals surface area contributed by atoms with Gasteiger partial charge in [0, 0.05) is 0 Å². The van der Waals surface area contributed by atoms with Crippen LogP contribution in [-0.2, 0) is 0 Å². The van der Waals surface area contributed by atoms with Crippen LogP contribution in [0.1, 0.15) is 58.3 Å². The summed E-state index contributed by atoms with van der Waals surface area (Å²) in [6.45, 7) is 2.29. The molecule has 2 aliphatic carbocycles. The smallest absolute Gasteiger partial charge is 0.0286 e. The molecule has 0 aliphatic heterocycles. The highest BCUT2D eigenvalue weighted by Crippen LogP contribution is 2.46. The number of unbranched alkanes of at least 4 members (excludes halogenated alkanes) is 3. The van der Waals surface area contributed by atoms with Crippen LogP contribution in [0.4, 0.5) is 0 Å². The van der Waals surface area contributed by atoms with Crippen molar-refractivity contribution in [3.63, 3.8) is 0 Å². The monoisotopic (exact) mass is 178 g/mol. The molecular weight excluding hydrogens is 156 g/mol. The lowest BCUT2D eigenvalue weighted by Gasteiger charge is -2.18. The van der Waals surface area contributed by atoms with E-state index >= 15 is 0 Å². The first-order valence-corrected chi connectivity index (χ1v) is 6.08. The predicted molar refractivity (Wildman–Crippen MR) is 57.7 cm³/mol. The van der Waals surface area contributed by atoms with Gasteiger partial charge in [-0.25, -0.2) is 0 Å². The summed E-state index contributed by atoms with van der Waals surface area (Å²) < 4.78 is 0. The average Bonchev–Trinajstić information content (AvgIpc) is 2.73. The third-order valence-corrected chi connectivity index (χ3v) is 3.85. The number of hydrogen-bond acceptors (Lipinski definition) is 0. The van der Waals surface area contributed by atoms with E-state index in [1.54, 1.807) is 5.57 Å². The molecule has 0 aromatic heterocycles. The van der Waals surface area contributed by atoms with Gasteiger partial charge in [-0.15, -0.1) is 0 Å². The van der Waals surface area contributed by atoms with Gasteiger partial charge >= 0.3 is 0 Å². The molecule has 0 aromatic carbocycles. The summed E-state index contributed by atoms with van der Waals surface area (Å²) in [4.78, 5) is 0. The van der Waals surface area contributed by atoms with Gasteiger partial charge in [0.2, 0.25) is 0 Å². The van der Waals surface area contributed by atoms with Gasteiger partial charge in [-0.1, -0.05) is 44.3 Å². The second-order valence-electron chi connectivity index (χ2n) is 4.88. The standard InChI is InChI=1S/C13H22/c1-2-3-4-5-6-12-9-11-7-8-13(12)10-11/h7,12-13H,2-6,8-10H2,1H3. The van der Waals surface area contributed by atoms with E-state index in [9.17, 15) is 0 Å². The predicted octanol–water partition coefficient (Wildman–Crippen LogP) is 4.31. The molecule has 0 aromatic rings. The normalized spacial score (nSPS) is 31.0. The quantitative estimate of drug-likeness (QED) is 0.434. The van der Waals surface area contributed by atoms with Crippen molar-refractivity contribution in [2.24, 2.45) is 11.8 Å². The molecule has 0 heterocycles. The molecule has 0 heteroatoms. The summed E-state index contributed by atoms with van der Waals surface area (Å²) in [5.41, 5.74) is 1.78. The Hall–Kier alpha value is -0.260. The van der Waals surface area contributed by atoms with Crippen molar-refractivity contribution in [3.05, 3.63) is 11.6 Å². The van der Waals surface area contributed by atoms with Crippen molar-refractivity contribution in [1.29, 1.82) is 0 Å². The van der Waals surface area contributed by atoms with E-state index in [1.165, 1.54) is 51.4 Å². The summed E-state index contributed by atoms with van der Waals surface area (Å²) >= 11 is 0. The van der Waals surface area contributed by atoms with Crippen molar-refractivity contribution < 1.29 is 0 Å². The maximum atomic E-state index is 2.49. The third kappa shape index (κ3) is 2.15. The zero-order chi connectivity index (χ0) is 9.10. The van der Waals surface area contributed by atoms with Gasteiger partial charge in [-0.2, -0.15) is 0 Å². The van der Waals surface area contributed by atoms with Crippen LogP contribution in [0.3, 0.4) is 0 Å². The van der Waals surface area contributed by atoms with E-state index in [-0.39, 0.29) is 0 Å². The van der Waals surface area contributed by atoms with Gasteiger partial charge in [0.25, 0.3) is 0 Å². The van der Waals surface area contributed by atoms with Crippen molar-refractivity contribution in [2.75, 3.05) is 0 Å². The van der Waals surface area contributed by atoms with Crippen LogP contribution in [-0.4, -0.2) is 0 Å². The van der Waals surface area contributed by atoms with E-state index in [1.807, 2.05) is 0 Å². The van der Waals surface area contributed by atoms with Crippen LogP contribution < -0.4 is 0 Å². The SMILES string of the molecule is CCCCCCC1CC2=CCC1C2. The second-order valence-corrected chi connectivity index (χ2v) is 4.88. The van der Waals surface area contributed by atoms with Crippen LogP contribution in [0.5, 0.6) is 0 Å². The molecule has 13 heavy (non-hydrogen) atoms. The molecule has 0 spiro atoms. The first kappa shape index (κ1) is 9.30. The van der Waals surface area contributed by atoms with Crippen molar-refractivity contribution >= 4 is 0 Å². The highest BCUT2D eigenvalue weighted by Gasteiger charge is 2.32. The van der Waals surface area contributed by atoms with Gasteiger partial charge in [0.05, 0.1) is 0 Å². The molecule has 2 aliphatic rings. The Bertz CT molecular complexity index is 190. The van der Waals surface area contributed by atoms with E-state index in [0.29, 0.717) is 0 Å². The van der Waals surface area contributed by atoms with Crippen LogP contribution >= 0.6 is 0 Å². The summed E-state index contributed by atoms with van der Waals surface area (Å²) in [6, 6.07) is 0. The maximum absolute atomic E-state index is 2.49. The minimum Gasteiger partial charge on any atom is -0.0850 e. The topological polar surface area (TPSA) is 0 Å². The summed E-state index contributed by atoms with van der Waals surface area (Å²) in [5.74, 6) is 2.15. The fourth-order valence-electron chi connectivity index (χ4n) is 3.02. The molecule has 2 atom stereocenters.